The van der Waals surface area contributed by atoms with Crippen molar-refractivity contribution < 1.29 is 64.6 Å². The minimum absolute atomic E-state index is 0.158. The van der Waals surface area contributed by atoms with Crippen LogP contribution in [-0.2, 0) is 23.7 Å². The number of unbranched alkanes of at least 4 members (excludes halogenated alkanes) is 30. The minimum atomic E-state index is -1.80. The first-order valence-corrected chi connectivity index (χ1v) is 32.0. The summed E-state index contributed by atoms with van der Waals surface area (Å²) in [7, 11) is 0. The molecule has 2 rings (SSSR count). The number of carbonyl (C=O) groups is 1. The van der Waals surface area contributed by atoms with Crippen LogP contribution in [0.15, 0.2) is 60.8 Å². The molecule has 2 fully saturated rings. The first-order valence-electron chi connectivity index (χ1n) is 32.0. The van der Waals surface area contributed by atoms with Crippen molar-refractivity contribution in [2.45, 2.75) is 325 Å². The van der Waals surface area contributed by atoms with Crippen molar-refractivity contribution in [3.8, 4) is 0 Å². The van der Waals surface area contributed by atoms with Crippen molar-refractivity contribution in [2.24, 2.45) is 0 Å². The number of allylic oxidation sites excluding steroid dienone is 9. The van der Waals surface area contributed by atoms with Crippen LogP contribution in [0.1, 0.15) is 251 Å². The number of ether oxygens (including phenoxy) is 4. The molecule has 1 amide bonds. The molecule has 0 spiro atoms. The minimum Gasteiger partial charge on any atom is -0.394 e. The van der Waals surface area contributed by atoms with E-state index >= 15 is 0 Å². The number of rotatable bonds is 51. The maximum absolute atomic E-state index is 13.2. The third-order valence-electron chi connectivity index (χ3n) is 15.5. The Morgan fingerprint density at radius 1 is 0.468 bits per heavy atom. The maximum Gasteiger partial charge on any atom is 0.220 e. The Hall–Kier alpha value is -2.31. The molecule has 14 nitrogen and oxygen atoms in total. The highest BCUT2D eigenvalue weighted by molar-refractivity contribution is 5.76. The predicted molar refractivity (Wildman–Crippen MR) is 318 cm³/mol. The van der Waals surface area contributed by atoms with E-state index in [1.54, 1.807) is 6.08 Å². The molecule has 460 valence electrons. The molecule has 2 heterocycles. The van der Waals surface area contributed by atoms with Gasteiger partial charge in [-0.15, -0.1) is 0 Å². The summed E-state index contributed by atoms with van der Waals surface area (Å²) in [6.07, 6.45) is 48.9. The molecular formula is C65H117NO13. The van der Waals surface area contributed by atoms with Crippen LogP contribution in [0.3, 0.4) is 0 Å². The summed E-state index contributed by atoms with van der Waals surface area (Å²) in [5, 5.41) is 87.0. The largest absolute Gasteiger partial charge is 0.394 e. The van der Waals surface area contributed by atoms with Gasteiger partial charge in [-0.2, -0.15) is 0 Å². The van der Waals surface area contributed by atoms with Gasteiger partial charge in [0, 0.05) is 6.42 Å². The second-order valence-electron chi connectivity index (χ2n) is 22.5. The van der Waals surface area contributed by atoms with E-state index in [1.165, 1.54) is 180 Å². The highest BCUT2D eigenvalue weighted by Crippen LogP contribution is 2.30. The summed E-state index contributed by atoms with van der Waals surface area (Å²) < 4.78 is 22.7. The number of carbonyl (C=O) groups excluding carboxylic acids is 1. The van der Waals surface area contributed by atoms with E-state index in [9.17, 15) is 45.6 Å². The van der Waals surface area contributed by atoms with Gasteiger partial charge in [-0.05, 0) is 44.9 Å². The topological polar surface area (TPSA) is 228 Å². The Balaban J connectivity index is 1.67. The van der Waals surface area contributed by atoms with Crippen molar-refractivity contribution in [2.75, 3.05) is 19.8 Å². The SMILES string of the molecule is CC/C=C\C/C=C\C/C=C\C/C=C\CCC(=O)NC(COC1OC(CO)C(OC2OC(CO)C(O)C(O)C2O)C(O)C1O)C(O)/C=C/CCCCCCCCCCCCCCCCCCCCCCCCCCCCCCCC. The van der Waals surface area contributed by atoms with Crippen LogP contribution in [-0.4, -0.2) is 140 Å². The van der Waals surface area contributed by atoms with E-state index in [1.807, 2.05) is 18.2 Å². The van der Waals surface area contributed by atoms with Gasteiger partial charge in [0.1, 0.15) is 48.8 Å². The van der Waals surface area contributed by atoms with Crippen molar-refractivity contribution in [3.05, 3.63) is 60.8 Å². The summed E-state index contributed by atoms with van der Waals surface area (Å²) >= 11 is 0. The maximum atomic E-state index is 13.2. The van der Waals surface area contributed by atoms with Crippen LogP contribution >= 0.6 is 0 Å². The van der Waals surface area contributed by atoms with Gasteiger partial charge in [-0.3, -0.25) is 4.79 Å². The lowest BCUT2D eigenvalue weighted by atomic mass is 9.97. The molecule has 79 heavy (non-hydrogen) atoms. The molecule has 9 N–H and O–H groups in total. The van der Waals surface area contributed by atoms with Crippen LogP contribution in [0, 0.1) is 0 Å². The summed E-state index contributed by atoms with van der Waals surface area (Å²) in [6.45, 7) is 2.64. The second kappa shape index (κ2) is 50.2. The van der Waals surface area contributed by atoms with Crippen LogP contribution in [0.25, 0.3) is 0 Å². The summed E-state index contributed by atoms with van der Waals surface area (Å²) in [6, 6.07) is -0.955. The van der Waals surface area contributed by atoms with Crippen LogP contribution in [0.5, 0.6) is 0 Å². The molecule has 2 aliphatic rings. The van der Waals surface area contributed by atoms with Gasteiger partial charge < -0.3 is 65.1 Å². The fraction of sp³-hybridized carbons (Fsp3) is 0.831. The monoisotopic (exact) mass is 1120 g/mol. The molecule has 12 atom stereocenters. The summed E-state index contributed by atoms with van der Waals surface area (Å²) in [5.41, 5.74) is 0. The van der Waals surface area contributed by atoms with E-state index in [0.717, 1.165) is 44.9 Å². The average molecular weight is 1120 g/mol. The number of aliphatic hydroxyl groups excluding tert-OH is 8. The van der Waals surface area contributed by atoms with Gasteiger partial charge >= 0.3 is 0 Å². The van der Waals surface area contributed by atoms with Gasteiger partial charge in [-0.25, -0.2) is 0 Å². The van der Waals surface area contributed by atoms with E-state index in [2.05, 4.69) is 55.6 Å². The lowest BCUT2D eigenvalue weighted by Gasteiger charge is -2.46. The van der Waals surface area contributed by atoms with E-state index in [0.29, 0.717) is 6.42 Å². The van der Waals surface area contributed by atoms with Gasteiger partial charge in [0.2, 0.25) is 5.91 Å². The van der Waals surface area contributed by atoms with E-state index < -0.39 is 86.8 Å². The quantitative estimate of drug-likeness (QED) is 0.0204. The smallest absolute Gasteiger partial charge is 0.220 e. The predicted octanol–water partition coefficient (Wildman–Crippen LogP) is 11.7. The molecule has 0 aromatic carbocycles. The van der Waals surface area contributed by atoms with E-state index in [-0.39, 0.29) is 18.9 Å². The molecule has 0 saturated carbocycles. The Kier molecular flexibility index (Phi) is 46.3. The third-order valence-corrected chi connectivity index (χ3v) is 15.5. The molecule has 2 aliphatic heterocycles. The second-order valence-corrected chi connectivity index (χ2v) is 22.5. The fourth-order valence-electron chi connectivity index (χ4n) is 10.4. The zero-order chi connectivity index (χ0) is 57.4. The van der Waals surface area contributed by atoms with Gasteiger partial charge in [0.25, 0.3) is 0 Å². The lowest BCUT2D eigenvalue weighted by Crippen LogP contribution is -2.65. The summed E-state index contributed by atoms with van der Waals surface area (Å²) in [5.74, 6) is -0.319. The molecule has 0 aromatic heterocycles. The zero-order valence-corrected chi connectivity index (χ0v) is 49.6. The van der Waals surface area contributed by atoms with E-state index in [4.69, 9.17) is 18.9 Å². The number of aliphatic hydroxyl groups is 8. The van der Waals surface area contributed by atoms with Crippen molar-refractivity contribution in [1.29, 1.82) is 0 Å². The first kappa shape index (κ1) is 72.8. The van der Waals surface area contributed by atoms with Crippen LogP contribution in [0.4, 0.5) is 0 Å². The summed E-state index contributed by atoms with van der Waals surface area (Å²) in [4.78, 5) is 13.2. The van der Waals surface area contributed by atoms with Crippen molar-refractivity contribution in [1.82, 2.24) is 5.32 Å². The lowest BCUT2D eigenvalue weighted by molar-refractivity contribution is -0.359. The highest BCUT2D eigenvalue weighted by Gasteiger charge is 2.51. The average Bonchev–Trinajstić information content (AvgIpc) is 3.45. The molecule has 0 aromatic rings. The third kappa shape index (κ3) is 35.4. The Labute approximate surface area is 479 Å². The molecule has 14 heteroatoms. The normalized spacial score (nSPS) is 24.8. The number of hydrogen-bond donors (Lipinski definition) is 9. The fourth-order valence-corrected chi connectivity index (χ4v) is 10.4. The molecular weight excluding hydrogens is 1000 g/mol. The molecule has 0 aliphatic carbocycles. The Morgan fingerprint density at radius 2 is 0.873 bits per heavy atom. The Bertz CT molecular complexity index is 1560. The Morgan fingerprint density at radius 3 is 1.32 bits per heavy atom. The van der Waals surface area contributed by atoms with Crippen LogP contribution in [0.2, 0.25) is 0 Å². The molecule has 0 bridgehead atoms. The van der Waals surface area contributed by atoms with Gasteiger partial charge in [0.05, 0.1) is 32.0 Å². The van der Waals surface area contributed by atoms with Gasteiger partial charge in [0.15, 0.2) is 12.6 Å². The number of amides is 1. The standard InChI is InChI=1S/C65H117NO13/c1-3-5-7-9-11-13-15-17-18-19-20-21-22-23-24-25-26-27-28-29-30-31-32-33-34-35-37-38-40-42-44-46-48-54(69)53(66-57(70)49-47-45-43-41-39-36-16-14-12-10-8-6-4-2)52-76-64-62(75)60(73)63(56(51-68)78-64)79-65-61(74)59(72)58(71)55(50-67)77-65/h6,8,12,14,36,39,43,45-46,48,53-56,58-65,67-69,71-75H,3-5,7,9-11,13,15-35,37-38,40-42,44,47,49-52H2,1-2H3,(H,66,70)/b8-6-,14-12-,39-36-,45-43-,48-46+. The molecule has 0 radical (unpaired) electrons. The van der Waals surface area contributed by atoms with Gasteiger partial charge in [-0.1, -0.05) is 261 Å². The van der Waals surface area contributed by atoms with Crippen molar-refractivity contribution in [3.63, 3.8) is 0 Å². The van der Waals surface area contributed by atoms with Crippen LogP contribution < -0.4 is 5.32 Å². The zero-order valence-electron chi connectivity index (χ0n) is 49.6. The molecule has 2 saturated heterocycles. The number of hydrogen-bond acceptors (Lipinski definition) is 13. The first-order chi connectivity index (χ1) is 38.6. The highest BCUT2D eigenvalue weighted by atomic mass is 16.7. The number of nitrogens with one attached hydrogen (secondary N) is 1. The van der Waals surface area contributed by atoms with Crippen molar-refractivity contribution >= 4 is 5.91 Å². The molecule has 12 unspecified atom stereocenters.